The Kier molecular flexibility index (Phi) is 4.27. The van der Waals surface area contributed by atoms with Crippen molar-refractivity contribution in [2.75, 3.05) is 0 Å². The summed E-state index contributed by atoms with van der Waals surface area (Å²) in [7, 11) is -1.45. The van der Waals surface area contributed by atoms with E-state index in [2.05, 4.69) is 4.98 Å². The van der Waals surface area contributed by atoms with Gasteiger partial charge in [0.05, 0.1) is 5.52 Å². The Hall–Kier alpha value is -1.39. The molecule has 2 aromatic rings. The summed E-state index contributed by atoms with van der Waals surface area (Å²) in [5.41, 5.74) is 1.27. The standard InChI is InChI=1S/C9H8BNO2.C2H6/c12-10(13)8-5-7-3-1-2-4-9(7)11-6-8;1-2/h1-6,12-13H;1-2H3. The van der Waals surface area contributed by atoms with E-state index in [1.807, 2.05) is 38.1 Å². The zero-order valence-corrected chi connectivity index (χ0v) is 8.88. The molecule has 0 saturated carbocycles. The highest BCUT2D eigenvalue weighted by atomic mass is 16.4. The molecule has 0 spiro atoms. The van der Waals surface area contributed by atoms with Crippen LogP contribution >= 0.6 is 0 Å². The minimum atomic E-state index is -1.45. The fourth-order valence-electron chi connectivity index (χ4n) is 1.23. The highest BCUT2D eigenvalue weighted by molar-refractivity contribution is 6.58. The third-order valence-electron chi connectivity index (χ3n) is 1.91. The maximum atomic E-state index is 8.90. The van der Waals surface area contributed by atoms with Crippen LogP contribution in [0.1, 0.15) is 13.8 Å². The van der Waals surface area contributed by atoms with E-state index in [4.69, 9.17) is 10.0 Å². The first kappa shape index (κ1) is 11.7. The smallest absolute Gasteiger partial charge is 0.423 e. The van der Waals surface area contributed by atoms with Crippen molar-refractivity contribution in [2.24, 2.45) is 0 Å². The summed E-state index contributed by atoms with van der Waals surface area (Å²) in [6, 6.07) is 9.26. The Morgan fingerprint density at radius 1 is 1.13 bits per heavy atom. The van der Waals surface area contributed by atoms with Crippen molar-refractivity contribution in [1.29, 1.82) is 0 Å². The molecule has 0 bridgehead atoms. The van der Waals surface area contributed by atoms with E-state index in [0.717, 1.165) is 10.9 Å². The molecule has 0 atom stereocenters. The van der Waals surface area contributed by atoms with Gasteiger partial charge in [0, 0.05) is 11.7 Å². The van der Waals surface area contributed by atoms with Crippen molar-refractivity contribution in [1.82, 2.24) is 4.98 Å². The molecule has 0 aliphatic rings. The van der Waals surface area contributed by atoms with Gasteiger partial charge < -0.3 is 10.0 Å². The molecule has 4 heteroatoms. The zero-order valence-electron chi connectivity index (χ0n) is 8.88. The first-order valence-electron chi connectivity index (χ1n) is 4.98. The van der Waals surface area contributed by atoms with Crippen molar-refractivity contribution < 1.29 is 10.0 Å². The number of nitrogens with zero attached hydrogens (tertiary/aromatic N) is 1. The second-order valence-electron chi connectivity index (χ2n) is 2.84. The van der Waals surface area contributed by atoms with Gasteiger partial charge in [-0.1, -0.05) is 38.1 Å². The van der Waals surface area contributed by atoms with Gasteiger partial charge in [0.25, 0.3) is 0 Å². The predicted molar refractivity (Wildman–Crippen MR) is 62.9 cm³/mol. The van der Waals surface area contributed by atoms with Crippen molar-refractivity contribution in [3.05, 3.63) is 36.5 Å². The lowest BCUT2D eigenvalue weighted by molar-refractivity contribution is 0.425. The second kappa shape index (κ2) is 5.48. The normalized spacial score (nSPS) is 9.33. The summed E-state index contributed by atoms with van der Waals surface area (Å²) in [6.07, 6.45) is 1.47. The molecular formula is C11H14BNO2. The molecule has 3 nitrogen and oxygen atoms in total. The molecule has 0 radical (unpaired) electrons. The van der Waals surface area contributed by atoms with Crippen LogP contribution in [-0.2, 0) is 0 Å². The minimum absolute atomic E-state index is 0.415. The van der Waals surface area contributed by atoms with Gasteiger partial charge >= 0.3 is 7.12 Å². The summed E-state index contributed by atoms with van der Waals surface area (Å²) in [4.78, 5) is 4.08. The van der Waals surface area contributed by atoms with Crippen molar-refractivity contribution >= 4 is 23.5 Å². The first-order valence-corrected chi connectivity index (χ1v) is 4.98. The summed E-state index contributed by atoms with van der Waals surface area (Å²) in [5.74, 6) is 0. The van der Waals surface area contributed by atoms with E-state index < -0.39 is 7.12 Å². The minimum Gasteiger partial charge on any atom is -0.423 e. The number of rotatable bonds is 1. The number of benzene rings is 1. The van der Waals surface area contributed by atoms with Crippen LogP contribution in [0.2, 0.25) is 0 Å². The van der Waals surface area contributed by atoms with E-state index in [0.29, 0.717) is 5.46 Å². The number of aromatic nitrogens is 1. The largest absolute Gasteiger partial charge is 0.490 e. The summed E-state index contributed by atoms with van der Waals surface area (Å²) in [5, 5.41) is 18.7. The summed E-state index contributed by atoms with van der Waals surface area (Å²) < 4.78 is 0. The van der Waals surface area contributed by atoms with Crippen LogP contribution in [0, 0.1) is 0 Å². The zero-order chi connectivity index (χ0) is 11.3. The fraction of sp³-hybridized carbons (Fsp3) is 0.182. The Bertz CT molecular complexity index is 432. The van der Waals surface area contributed by atoms with Crippen LogP contribution < -0.4 is 5.46 Å². The average molecular weight is 203 g/mol. The molecule has 15 heavy (non-hydrogen) atoms. The monoisotopic (exact) mass is 203 g/mol. The molecule has 0 aliphatic heterocycles. The lowest BCUT2D eigenvalue weighted by Crippen LogP contribution is -2.29. The molecule has 2 N–H and O–H groups in total. The van der Waals surface area contributed by atoms with Crippen LogP contribution in [0.15, 0.2) is 36.5 Å². The van der Waals surface area contributed by atoms with Crippen molar-refractivity contribution in [2.45, 2.75) is 13.8 Å². The van der Waals surface area contributed by atoms with Crippen molar-refractivity contribution in [3.8, 4) is 0 Å². The highest BCUT2D eigenvalue weighted by Gasteiger charge is 2.10. The van der Waals surface area contributed by atoms with E-state index >= 15 is 0 Å². The Labute approximate surface area is 89.5 Å². The quantitative estimate of drug-likeness (QED) is 0.678. The first-order chi connectivity index (χ1) is 7.27. The second-order valence-corrected chi connectivity index (χ2v) is 2.84. The van der Waals surface area contributed by atoms with Crippen molar-refractivity contribution in [3.63, 3.8) is 0 Å². The molecule has 78 valence electrons. The Morgan fingerprint density at radius 2 is 1.80 bits per heavy atom. The fourth-order valence-corrected chi connectivity index (χ4v) is 1.23. The highest BCUT2D eigenvalue weighted by Crippen LogP contribution is 2.07. The van der Waals surface area contributed by atoms with Crippen LogP contribution in [0.25, 0.3) is 10.9 Å². The molecule has 0 unspecified atom stereocenters. The summed E-state index contributed by atoms with van der Waals surface area (Å²) >= 11 is 0. The Balaban J connectivity index is 0.000000531. The van der Waals surface area contributed by atoms with Gasteiger partial charge in [0.15, 0.2) is 0 Å². The number of hydrogen-bond donors (Lipinski definition) is 2. The average Bonchev–Trinajstić information content (AvgIpc) is 2.31. The molecule has 1 aromatic heterocycles. The SMILES string of the molecule is CC.OB(O)c1cnc2ccccc2c1. The van der Waals surface area contributed by atoms with E-state index in [9.17, 15) is 0 Å². The van der Waals surface area contributed by atoms with E-state index in [1.165, 1.54) is 6.20 Å². The van der Waals surface area contributed by atoms with Crippen LogP contribution in [-0.4, -0.2) is 22.2 Å². The van der Waals surface area contributed by atoms with Gasteiger partial charge in [-0.05, 0) is 11.5 Å². The third kappa shape index (κ3) is 2.78. The lowest BCUT2D eigenvalue weighted by Gasteiger charge is -2.00. The van der Waals surface area contributed by atoms with Gasteiger partial charge in [-0.3, -0.25) is 4.98 Å². The lowest BCUT2D eigenvalue weighted by atomic mass is 9.81. The van der Waals surface area contributed by atoms with Crippen LogP contribution in [0.4, 0.5) is 0 Å². The molecule has 0 amide bonds. The molecule has 1 heterocycles. The molecule has 1 aromatic carbocycles. The van der Waals surface area contributed by atoms with Gasteiger partial charge in [-0.2, -0.15) is 0 Å². The van der Waals surface area contributed by atoms with Crippen LogP contribution in [0.3, 0.4) is 0 Å². The Morgan fingerprint density at radius 3 is 2.47 bits per heavy atom. The van der Waals surface area contributed by atoms with Gasteiger partial charge in [0.2, 0.25) is 0 Å². The van der Waals surface area contributed by atoms with Gasteiger partial charge in [-0.25, -0.2) is 0 Å². The number of pyridine rings is 1. The maximum absolute atomic E-state index is 8.90. The van der Waals surface area contributed by atoms with E-state index in [1.54, 1.807) is 6.07 Å². The topological polar surface area (TPSA) is 53.4 Å². The number of hydrogen-bond acceptors (Lipinski definition) is 3. The third-order valence-corrected chi connectivity index (χ3v) is 1.91. The predicted octanol–water partition coefficient (Wildman–Crippen LogP) is 0.941. The van der Waals surface area contributed by atoms with Gasteiger partial charge in [-0.15, -0.1) is 0 Å². The molecule has 0 saturated heterocycles. The van der Waals surface area contributed by atoms with Crippen LogP contribution in [0.5, 0.6) is 0 Å². The maximum Gasteiger partial charge on any atom is 0.490 e. The molecule has 2 rings (SSSR count). The number of fused-ring (bicyclic) bond motifs is 1. The molecule has 0 aliphatic carbocycles. The molecular weight excluding hydrogens is 189 g/mol. The van der Waals surface area contributed by atoms with E-state index in [-0.39, 0.29) is 0 Å². The molecule has 0 fully saturated rings. The van der Waals surface area contributed by atoms with Gasteiger partial charge in [0.1, 0.15) is 0 Å². The summed E-state index contributed by atoms with van der Waals surface area (Å²) in [6.45, 7) is 4.00. The number of para-hydroxylation sites is 1.